The number of ether oxygens (including phenoxy) is 3. The molecule has 3 atom stereocenters. The molecule has 40 heavy (non-hydrogen) atoms. The van der Waals surface area contributed by atoms with Crippen molar-refractivity contribution in [3.8, 4) is 0 Å². The van der Waals surface area contributed by atoms with E-state index in [4.69, 9.17) is 9.47 Å². The highest BCUT2D eigenvalue weighted by molar-refractivity contribution is 7.92. The van der Waals surface area contributed by atoms with Gasteiger partial charge in [-0.15, -0.1) is 0 Å². The van der Waals surface area contributed by atoms with Crippen LogP contribution in [-0.4, -0.2) is 57.0 Å². The maximum absolute atomic E-state index is 13.5. The van der Waals surface area contributed by atoms with Gasteiger partial charge in [0.2, 0.25) is 0 Å². The summed E-state index contributed by atoms with van der Waals surface area (Å²) < 4.78 is 42.8. The van der Waals surface area contributed by atoms with Crippen molar-refractivity contribution in [3.05, 3.63) is 48.0 Å². The first-order valence-electron chi connectivity index (χ1n) is 14.2. The zero-order valence-corrected chi connectivity index (χ0v) is 25.5. The van der Waals surface area contributed by atoms with Crippen molar-refractivity contribution in [1.29, 1.82) is 0 Å². The maximum atomic E-state index is 13.5. The van der Waals surface area contributed by atoms with Crippen molar-refractivity contribution in [2.75, 3.05) is 20.0 Å². The number of ketones is 1. The van der Waals surface area contributed by atoms with Crippen LogP contribution in [0.3, 0.4) is 0 Å². The Bertz CT molecular complexity index is 1110. The molecule has 1 heterocycles. The van der Waals surface area contributed by atoms with E-state index in [1.807, 2.05) is 19.9 Å². The molecule has 0 bridgehead atoms. The van der Waals surface area contributed by atoms with Crippen LogP contribution in [0.1, 0.15) is 96.6 Å². The van der Waals surface area contributed by atoms with E-state index >= 15 is 0 Å². The molecule has 0 saturated carbocycles. The molecule has 2 rings (SSSR count). The molecule has 0 aromatic heterocycles. The molecule has 1 saturated heterocycles. The predicted molar refractivity (Wildman–Crippen MR) is 154 cm³/mol. The summed E-state index contributed by atoms with van der Waals surface area (Å²) in [5, 5.41) is -0.986. The summed E-state index contributed by atoms with van der Waals surface area (Å²) in [6.07, 6.45) is 7.78. The van der Waals surface area contributed by atoms with Gasteiger partial charge in [-0.05, 0) is 37.0 Å². The minimum atomic E-state index is -3.60. The average molecular weight is 579 g/mol. The highest BCUT2D eigenvalue weighted by Gasteiger charge is 2.54. The van der Waals surface area contributed by atoms with Crippen molar-refractivity contribution >= 4 is 27.6 Å². The second-order valence-corrected chi connectivity index (χ2v) is 13.5. The van der Waals surface area contributed by atoms with Crippen molar-refractivity contribution in [1.82, 2.24) is 0 Å². The molecule has 0 amide bonds. The van der Waals surface area contributed by atoms with Gasteiger partial charge in [-0.1, -0.05) is 83.2 Å². The van der Waals surface area contributed by atoms with Crippen LogP contribution in [0.4, 0.5) is 0 Å². The van der Waals surface area contributed by atoms with E-state index in [1.54, 1.807) is 24.3 Å². The van der Waals surface area contributed by atoms with Gasteiger partial charge >= 0.3 is 11.9 Å². The number of carbonyl (C=O) groups is 3. The lowest BCUT2D eigenvalue weighted by molar-refractivity contribution is -0.167. The average Bonchev–Trinajstić information content (AvgIpc) is 3.18. The molecule has 0 aliphatic carbocycles. The highest BCUT2D eigenvalue weighted by Crippen LogP contribution is 2.41. The van der Waals surface area contributed by atoms with Crippen LogP contribution in [0.2, 0.25) is 0 Å². The lowest BCUT2D eigenvalue weighted by Crippen LogP contribution is -2.44. The molecule has 0 radical (unpaired) electrons. The Morgan fingerprint density at radius 2 is 1.73 bits per heavy atom. The summed E-state index contributed by atoms with van der Waals surface area (Å²) in [5.74, 6) is -1.24. The number of rotatable bonds is 17. The van der Waals surface area contributed by atoms with E-state index in [-0.39, 0.29) is 30.3 Å². The third kappa shape index (κ3) is 9.26. The van der Waals surface area contributed by atoms with Gasteiger partial charge in [0.05, 0.1) is 12.9 Å². The largest absolute Gasteiger partial charge is 0.469 e. The van der Waals surface area contributed by atoms with Crippen LogP contribution < -0.4 is 0 Å². The fraction of sp³-hybridized carbons (Fsp3) is 0.645. The second kappa shape index (κ2) is 15.5. The summed E-state index contributed by atoms with van der Waals surface area (Å²) in [6, 6.07) is 8.88. The summed E-state index contributed by atoms with van der Waals surface area (Å²) in [5.41, 5.74) is -1.51. The standard InChI is InChI=1S/C31H46O8S/c1-6-7-20-30(2,3)25(32)19-21-31(39-29(34)28(38-5)24-15-11-10-12-16-24)22-23-40(35,36)26(31)17-13-8-9-14-18-27(33)37-4/h10-12,15-16,19,21,26,28H,6-9,13-14,17-18,20,22-23H2,1-5H3/b21-19+/t26-,28?,31-/m1/s1. The molecular formula is C31H46O8S. The van der Waals surface area contributed by atoms with E-state index in [0.717, 1.165) is 19.3 Å². The molecule has 1 aliphatic rings. The SMILES string of the molecule is CCCCC(C)(C)C(=O)/C=C/[C@@]1(OC(=O)C(OC)c2ccccc2)CCS(=O)(=O)[C@@H]1CCCCCCC(=O)OC. The minimum absolute atomic E-state index is 0.0679. The first-order chi connectivity index (χ1) is 18.9. The van der Waals surface area contributed by atoms with Gasteiger partial charge < -0.3 is 14.2 Å². The highest BCUT2D eigenvalue weighted by atomic mass is 32.2. The first kappa shape index (κ1) is 33.7. The van der Waals surface area contributed by atoms with Gasteiger partial charge in [0.1, 0.15) is 10.9 Å². The number of allylic oxidation sites excluding steroid dienone is 1. The van der Waals surface area contributed by atoms with E-state index in [1.165, 1.54) is 26.4 Å². The second-order valence-electron chi connectivity index (χ2n) is 11.2. The predicted octanol–water partition coefficient (Wildman–Crippen LogP) is 5.70. The third-order valence-corrected chi connectivity index (χ3v) is 10.0. The monoisotopic (exact) mass is 578 g/mol. The van der Waals surface area contributed by atoms with Crippen LogP contribution in [0.15, 0.2) is 42.5 Å². The third-order valence-electron chi connectivity index (χ3n) is 7.76. The molecule has 9 heteroatoms. The summed E-state index contributed by atoms with van der Waals surface area (Å²) in [4.78, 5) is 38.1. The van der Waals surface area contributed by atoms with Crippen LogP contribution in [0.25, 0.3) is 0 Å². The summed E-state index contributed by atoms with van der Waals surface area (Å²) in [7, 11) is -0.848. The van der Waals surface area contributed by atoms with Crippen molar-refractivity contribution in [2.24, 2.45) is 5.41 Å². The fourth-order valence-corrected chi connectivity index (χ4v) is 7.42. The first-order valence-corrected chi connectivity index (χ1v) is 16.0. The Morgan fingerprint density at radius 3 is 2.35 bits per heavy atom. The lowest BCUT2D eigenvalue weighted by atomic mass is 9.81. The van der Waals surface area contributed by atoms with Gasteiger partial charge in [-0.25, -0.2) is 13.2 Å². The van der Waals surface area contributed by atoms with Crippen molar-refractivity contribution in [3.63, 3.8) is 0 Å². The molecule has 1 aromatic rings. The molecule has 1 unspecified atom stereocenters. The van der Waals surface area contributed by atoms with Crippen LogP contribution >= 0.6 is 0 Å². The summed E-state index contributed by atoms with van der Waals surface area (Å²) in [6.45, 7) is 5.82. The molecule has 0 N–H and O–H groups in total. The Kier molecular flexibility index (Phi) is 13.0. The van der Waals surface area contributed by atoms with E-state index in [2.05, 4.69) is 11.7 Å². The molecule has 8 nitrogen and oxygen atoms in total. The number of esters is 2. The number of methoxy groups -OCH3 is 2. The maximum Gasteiger partial charge on any atom is 0.340 e. The number of sulfone groups is 1. The fourth-order valence-electron chi connectivity index (χ4n) is 5.15. The number of hydrogen-bond donors (Lipinski definition) is 0. The zero-order chi connectivity index (χ0) is 29.8. The molecule has 0 spiro atoms. The quantitative estimate of drug-likeness (QED) is 0.131. The Labute approximate surface area is 239 Å². The van der Waals surface area contributed by atoms with E-state index in [9.17, 15) is 22.8 Å². The smallest absolute Gasteiger partial charge is 0.340 e. The normalized spacial score (nSPS) is 21.3. The van der Waals surface area contributed by atoms with Gasteiger partial charge in [-0.3, -0.25) is 9.59 Å². The lowest BCUT2D eigenvalue weighted by Gasteiger charge is -2.33. The molecule has 1 aliphatic heterocycles. The van der Waals surface area contributed by atoms with Gasteiger partial charge in [-0.2, -0.15) is 0 Å². The number of benzene rings is 1. The van der Waals surface area contributed by atoms with Gasteiger partial charge in [0.25, 0.3) is 0 Å². The number of carbonyl (C=O) groups excluding carboxylic acids is 3. The van der Waals surface area contributed by atoms with Crippen LogP contribution in [-0.2, 0) is 38.4 Å². The number of hydrogen-bond acceptors (Lipinski definition) is 8. The zero-order valence-electron chi connectivity index (χ0n) is 24.6. The summed E-state index contributed by atoms with van der Waals surface area (Å²) >= 11 is 0. The Hall–Kier alpha value is -2.52. The van der Waals surface area contributed by atoms with Crippen molar-refractivity contribution in [2.45, 2.75) is 102 Å². The molecular weight excluding hydrogens is 532 g/mol. The Morgan fingerprint density at radius 1 is 1.05 bits per heavy atom. The topological polar surface area (TPSA) is 113 Å². The van der Waals surface area contributed by atoms with Crippen LogP contribution in [0.5, 0.6) is 0 Å². The molecule has 224 valence electrons. The van der Waals surface area contributed by atoms with E-state index in [0.29, 0.717) is 37.7 Å². The van der Waals surface area contributed by atoms with Crippen LogP contribution in [0, 0.1) is 5.41 Å². The number of unbranched alkanes of at least 4 members (excludes halogenated alkanes) is 4. The molecule has 1 aromatic carbocycles. The Balaban J connectivity index is 2.33. The van der Waals surface area contributed by atoms with E-state index < -0.39 is 38.2 Å². The van der Waals surface area contributed by atoms with Gasteiger partial charge in [0, 0.05) is 25.4 Å². The molecule has 1 fully saturated rings. The van der Waals surface area contributed by atoms with Gasteiger partial charge in [0.15, 0.2) is 21.7 Å². The van der Waals surface area contributed by atoms with Crippen molar-refractivity contribution < 1.29 is 37.0 Å². The minimum Gasteiger partial charge on any atom is -0.469 e.